The van der Waals surface area contributed by atoms with Gasteiger partial charge in [-0.25, -0.2) is 4.98 Å². The Bertz CT molecular complexity index is 1640. The molecule has 7 nitrogen and oxygen atoms in total. The van der Waals surface area contributed by atoms with Gasteiger partial charge in [0.2, 0.25) is 0 Å². The lowest BCUT2D eigenvalue weighted by Crippen LogP contribution is -2.10. The van der Waals surface area contributed by atoms with Crippen LogP contribution in [0.25, 0.3) is 55.0 Å². The molecule has 0 aliphatic rings. The van der Waals surface area contributed by atoms with Crippen molar-refractivity contribution in [3.8, 4) is 33.1 Å². The number of aryl methyl sites for hydroxylation is 1. The van der Waals surface area contributed by atoms with Gasteiger partial charge in [0.1, 0.15) is 0 Å². The Hall–Kier alpha value is -3.88. The van der Waals surface area contributed by atoms with Crippen molar-refractivity contribution >= 4 is 33.3 Å². The molecule has 0 unspecified atom stereocenters. The summed E-state index contributed by atoms with van der Waals surface area (Å²) in [6, 6.07) is 12.7. The summed E-state index contributed by atoms with van der Waals surface area (Å²) in [6.07, 6.45) is 7.50. The number of aromatic nitrogens is 6. The molecular formula is C26H23N7S. The van der Waals surface area contributed by atoms with Gasteiger partial charge >= 0.3 is 0 Å². The number of nitrogens with one attached hydrogen (secondary N) is 2. The molecule has 0 amide bonds. The van der Waals surface area contributed by atoms with E-state index in [2.05, 4.69) is 86.4 Å². The van der Waals surface area contributed by atoms with Crippen molar-refractivity contribution in [2.24, 2.45) is 0 Å². The van der Waals surface area contributed by atoms with Crippen LogP contribution in [0.5, 0.6) is 0 Å². The molecular weight excluding hydrogens is 442 g/mol. The molecule has 0 saturated carbocycles. The number of rotatable bonds is 5. The van der Waals surface area contributed by atoms with Crippen molar-refractivity contribution in [3.63, 3.8) is 0 Å². The van der Waals surface area contributed by atoms with Gasteiger partial charge in [0.25, 0.3) is 0 Å². The molecule has 8 heteroatoms. The molecule has 0 radical (unpaired) electrons. The summed E-state index contributed by atoms with van der Waals surface area (Å²) in [5.41, 5.74) is 7.79. The second-order valence-electron chi connectivity index (χ2n) is 8.73. The molecule has 6 aromatic rings. The van der Waals surface area contributed by atoms with E-state index in [1.54, 1.807) is 11.3 Å². The van der Waals surface area contributed by atoms with Gasteiger partial charge in [-0.2, -0.15) is 5.10 Å². The van der Waals surface area contributed by atoms with Crippen molar-refractivity contribution in [2.45, 2.75) is 13.5 Å². The fourth-order valence-corrected chi connectivity index (χ4v) is 5.18. The van der Waals surface area contributed by atoms with E-state index >= 15 is 0 Å². The highest BCUT2D eigenvalue weighted by Gasteiger charge is 2.16. The summed E-state index contributed by atoms with van der Waals surface area (Å²) in [5.74, 6) is 0. The van der Waals surface area contributed by atoms with Gasteiger partial charge in [-0.1, -0.05) is 0 Å². The van der Waals surface area contributed by atoms with Crippen LogP contribution in [0, 0.1) is 6.92 Å². The van der Waals surface area contributed by atoms with Gasteiger partial charge in [-0.15, -0.1) is 11.3 Å². The van der Waals surface area contributed by atoms with Gasteiger partial charge in [0.15, 0.2) is 5.65 Å². The van der Waals surface area contributed by atoms with Crippen molar-refractivity contribution in [1.82, 2.24) is 35.0 Å². The molecule has 0 saturated heterocycles. The van der Waals surface area contributed by atoms with Crippen LogP contribution < -0.4 is 0 Å². The highest BCUT2D eigenvalue weighted by molar-refractivity contribution is 7.15. The van der Waals surface area contributed by atoms with E-state index in [-0.39, 0.29) is 0 Å². The third-order valence-electron chi connectivity index (χ3n) is 5.83. The van der Waals surface area contributed by atoms with Crippen LogP contribution in [0.3, 0.4) is 0 Å². The van der Waals surface area contributed by atoms with Gasteiger partial charge in [0.05, 0.1) is 22.0 Å². The summed E-state index contributed by atoms with van der Waals surface area (Å²) in [4.78, 5) is 21.8. The Morgan fingerprint density at radius 2 is 1.82 bits per heavy atom. The summed E-state index contributed by atoms with van der Waals surface area (Å²) >= 11 is 1.75. The zero-order valence-electron chi connectivity index (χ0n) is 19.1. The van der Waals surface area contributed by atoms with Crippen molar-refractivity contribution in [3.05, 3.63) is 71.6 Å². The lowest BCUT2D eigenvalue weighted by molar-refractivity contribution is 0.402. The van der Waals surface area contributed by atoms with Crippen LogP contribution in [-0.4, -0.2) is 49.1 Å². The molecule has 2 N–H and O–H groups in total. The number of pyridine rings is 3. The van der Waals surface area contributed by atoms with E-state index in [0.717, 1.165) is 61.5 Å². The Morgan fingerprint density at radius 1 is 0.941 bits per heavy atom. The highest BCUT2D eigenvalue weighted by atomic mass is 32.1. The molecule has 6 heterocycles. The number of fused-ring (bicyclic) bond motifs is 2. The Morgan fingerprint density at radius 3 is 2.65 bits per heavy atom. The topological polar surface area (TPSA) is 86.4 Å². The lowest BCUT2D eigenvalue weighted by atomic mass is 10.1. The van der Waals surface area contributed by atoms with Crippen molar-refractivity contribution in [1.29, 1.82) is 0 Å². The lowest BCUT2D eigenvalue weighted by Gasteiger charge is -2.10. The maximum absolute atomic E-state index is 4.67. The second kappa shape index (κ2) is 8.16. The standard InChI is InChI=1S/C26H23N7S/c1-15-4-5-23(34-15)25-19-10-22(30-21(19)6-7-28-25)24-20-9-18(13-29-26(20)32-31-24)17-8-16(11-27-12-17)14-33(2)3/h4-13,30H,14H2,1-3H3,(H,29,31,32). The molecule has 168 valence electrons. The van der Waals surface area contributed by atoms with Gasteiger partial charge in [-0.05, 0) is 63.0 Å². The van der Waals surface area contributed by atoms with Crippen LogP contribution in [0.2, 0.25) is 0 Å². The quantitative estimate of drug-likeness (QED) is 0.343. The number of nitrogens with zero attached hydrogens (tertiary/aromatic N) is 5. The largest absolute Gasteiger partial charge is 0.353 e. The first-order chi connectivity index (χ1) is 16.5. The number of thiophene rings is 1. The Kier molecular flexibility index (Phi) is 4.97. The normalized spacial score (nSPS) is 11.8. The minimum absolute atomic E-state index is 0.682. The fraction of sp³-hybridized carbons (Fsp3) is 0.154. The monoisotopic (exact) mass is 465 g/mol. The molecule has 6 rings (SSSR count). The van der Waals surface area contributed by atoms with E-state index in [9.17, 15) is 0 Å². The maximum Gasteiger partial charge on any atom is 0.181 e. The van der Waals surface area contributed by atoms with Crippen LogP contribution in [0.4, 0.5) is 0 Å². The number of H-pyrrole nitrogens is 2. The third kappa shape index (κ3) is 3.67. The average molecular weight is 466 g/mol. The van der Waals surface area contributed by atoms with Crippen LogP contribution in [-0.2, 0) is 6.54 Å². The molecule has 0 bridgehead atoms. The van der Waals surface area contributed by atoms with Crippen molar-refractivity contribution < 1.29 is 0 Å². The first kappa shape index (κ1) is 20.7. The van der Waals surface area contributed by atoms with E-state index in [0.29, 0.717) is 5.65 Å². The molecule has 0 aromatic carbocycles. The van der Waals surface area contributed by atoms with Crippen LogP contribution in [0.15, 0.2) is 61.2 Å². The van der Waals surface area contributed by atoms with Gasteiger partial charge < -0.3 is 9.88 Å². The van der Waals surface area contributed by atoms with Gasteiger partial charge in [0, 0.05) is 63.6 Å². The van der Waals surface area contributed by atoms with E-state index in [1.165, 1.54) is 4.88 Å². The first-order valence-electron chi connectivity index (χ1n) is 11.0. The fourth-order valence-electron chi connectivity index (χ4n) is 4.31. The molecule has 34 heavy (non-hydrogen) atoms. The van der Waals surface area contributed by atoms with Gasteiger partial charge in [-0.3, -0.25) is 15.1 Å². The van der Waals surface area contributed by atoms with Crippen LogP contribution >= 0.6 is 11.3 Å². The molecule has 0 atom stereocenters. The summed E-state index contributed by atoms with van der Waals surface area (Å²) in [5, 5.41) is 9.69. The third-order valence-corrected chi connectivity index (χ3v) is 6.84. The number of hydrogen-bond acceptors (Lipinski definition) is 6. The summed E-state index contributed by atoms with van der Waals surface area (Å²) in [7, 11) is 4.11. The maximum atomic E-state index is 4.67. The number of aromatic amines is 2. The molecule has 0 fully saturated rings. The molecule has 0 spiro atoms. The SMILES string of the molecule is Cc1ccc(-c2nccc3[nH]c(-c4[nH]nc5ncc(-c6cncc(CN(C)C)c6)cc45)cc23)s1. The van der Waals surface area contributed by atoms with E-state index < -0.39 is 0 Å². The van der Waals surface area contributed by atoms with Crippen molar-refractivity contribution in [2.75, 3.05) is 14.1 Å². The second-order valence-corrected chi connectivity index (χ2v) is 10.0. The zero-order valence-corrected chi connectivity index (χ0v) is 19.9. The van der Waals surface area contributed by atoms with E-state index in [4.69, 9.17) is 0 Å². The van der Waals surface area contributed by atoms with Crippen LogP contribution in [0.1, 0.15) is 10.4 Å². The molecule has 0 aliphatic carbocycles. The first-order valence-corrected chi connectivity index (χ1v) is 11.8. The minimum atomic E-state index is 0.682. The summed E-state index contributed by atoms with van der Waals surface area (Å²) in [6.45, 7) is 2.95. The summed E-state index contributed by atoms with van der Waals surface area (Å²) < 4.78 is 0. The Labute approximate surface area is 200 Å². The predicted octanol–water partition coefficient (Wildman–Crippen LogP) is 5.66. The number of hydrogen-bond donors (Lipinski definition) is 2. The molecule has 6 aromatic heterocycles. The Balaban J connectivity index is 1.45. The minimum Gasteiger partial charge on any atom is -0.353 e. The highest BCUT2D eigenvalue weighted by Crippen LogP contribution is 2.35. The average Bonchev–Trinajstić information content (AvgIpc) is 3.55. The molecule has 0 aliphatic heterocycles. The predicted molar refractivity (Wildman–Crippen MR) is 138 cm³/mol. The van der Waals surface area contributed by atoms with E-state index in [1.807, 2.05) is 30.9 Å². The smallest absolute Gasteiger partial charge is 0.181 e. The zero-order chi connectivity index (χ0) is 23.2.